The summed E-state index contributed by atoms with van der Waals surface area (Å²) >= 11 is 0. The summed E-state index contributed by atoms with van der Waals surface area (Å²) in [7, 11) is 3.01. The molecule has 1 aliphatic carbocycles. The molecule has 0 radical (unpaired) electrons. The van der Waals surface area contributed by atoms with E-state index in [1.807, 2.05) is 18.2 Å². The van der Waals surface area contributed by atoms with Crippen LogP contribution in [0.3, 0.4) is 0 Å². The fourth-order valence-electron chi connectivity index (χ4n) is 5.10. The maximum atomic E-state index is 14.5. The van der Waals surface area contributed by atoms with Gasteiger partial charge in [-0.1, -0.05) is 36.3 Å². The number of rotatable bonds is 9. The van der Waals surface area contributed by atoms with Crippen LogP contribution in [0.2, 0.25) is 0 Å². The molecule has 1 aromatic heterocycles. The number of anilines is 1. The average molecular weight is 532 g/mol. The molecule has 39 heavy (non-hydrogen) atoms. The Morgan fingerprint density at radius 3 is 2.59 bits per heavy atom. The molecule has 1 atom stereocenters. The van der Waals surface area contributed by atoms with E-state index < -0.39 is 23.7 Å². The maximum absolute atomic E-state index is 14.5. The van der Waals surface area contributed by atoms with E-state index >= 15 is 0 Å². The van der Waals surface area contributed by atoms with Crippen LogP contribution in [0.25, 0.3) is 11.0 Å². The quantitative estimate of drug-likeness (QED) is 0.343. The molecule has 5 rings (SSSR count). The van der Waals surface area contributed by atoms with E-state index in [0.717, 1.165) is 25.7 Å². The first-order valence-corrected chi connectivity index (χ1v) is 12.9. The van der Waals surface area contributed by atoms with Crippen LogP contribution in [-0.4, -0.2) is 47.1 Å². The summed E-state index contributed by atoms with van der Waals surface area (Å²) in [5.41, 5.74) is 1.93. The molecule has 1 fully saturated rings. The summed E-state index contributed by atoms with van der Waals surface area (Å²) in [5, 5.41) is 11.4. The zero-order valence-electron chi connectivity index (χ0n) is 21.8. The van der Waals surface area contributed by atoms with E-state index in [-0.39, 0.29) is 18.3 Å². The van der Waals surface area contributed by atoms with Gasteiger partial charge in [-0.15, -0.1) is 5.10 Å². The second-order valence-corrected chi connectivity index (χ2v) is 9.48. The summed E-state index contributed by atoms with van der Waals surface area (Å²) < 4.78 is 27.1. The largest absolute Gasteiger partial charge is 0.497 e. The van der Waals surface area contributed by atoms with Gasteiger partial charge in [0.2, 0.25) is 11.8 Å². The van der Waals surface area contributed by atoms with Gasteiger partial charge in [-0.2, -0.15) is 0 Å². The van der Waals surface area contributed by atoms with Crippen molar-refractivity contribution in [2.75, 3.05) is 19.1 Å². The highest BCUT2D eigenvalue weighted by Gasteiger charge is 2.37. The molecule has 0 unspecified atom stereocenters. The molecule has 1 saturated carbocycles. The Morgan fingerprint density at radius 2 is 1.85 bits per heavy atom. The van der Waals surface area contributed by atoms with Gasteiger partial charge in [-0.05, 0) is 61.4 Å². The van der Waals surface area contributed by atoms with Crippen molar-refractivity contribution in [1.29, 1.82) is 0 Å². The lowest BCUT2D eigenvalue weighted by Gasteiger charge is -2.33. The van der Waals surface area contributed by atoms with Crippen LogP contribution in [0, 0.1) is 5.82 Å². The number of hydrogen-bond donors (Lipinski definition) is 1. The van der Waals surface area contributed by atoms with E-state index in [2.05, 4.69) is 15.6 Å². The molecule has 1 aliphatic rings. The standard InChI is InChI=1S/C29H30FN5O4/c1-38-22-14-15-26(39-2)23(17-22)28(29(37)31-20-9-3-4-10-20)35(21-11-7-8-19(30)16-21)27(36)18-34-25-13-6-5-12-24(25)32-33-34/h5-8,11-17,20,28H,3-4,9-10,18H2,1-2H3,(H,31,37)/t28-/m0/s1. The van der Waals surface area contributed by atoms with Crippen molar-refractivity contribution in [1.82, 2.24) is 20.3 Å². The normalized spacial score (nSPS) is 14.2. The number of carbonyl (C=O) groups is 2. The van der Waals surface area contributed by atoms with Gasteiger partial charge in [0.15, 0.2) is 0 Å². The smallest absolute Gasteiger partial charge is 0.249 e. The molecule has 9 nitrogen and oxygen atoms in total. The minimum atomic E-state index is -1.18. The first-order chi connectivity index (χ1) is 19.0. The number of hydrogen-bond acceptors (Lipinski definition) is 6. The van der Waals surface area contributed by atoms with Crippen molar-refractivity contribution < 1.29 is 23.5 Å². The summed E-state index contributed by atoms with van der Waals surface area (Å²) in [6, 6.07) is 16.8. The predicted octanol–water partition coefficient (Wildman–Crippen LogP) is 4.42. The third-order valence-electron chi connectivity index (χ3n) is 7.00. The van der Waals surface area contributed by atoms with Gasteiger partial charge < -0.3 is 14.8 Å². The van der Waals surface area contributed by atoms with E-state index in [1.54, 1.807) is 30.3 Å². The van der Waals surface area contributed by atoms with Crippen molar-refractivity contribution in [2.24, 2.45) is 0 Å². The number of methoxy groups -OCH3 is 2. The molecule has 0 bridgehead atoms. The van der Waals surface area contributed by atoms with Crippen molar-refractivity contribution in [3.8, 4) is 11.5 Å². The Labute approximate surface area is 225 Å². The highest BCUT2D eigenvalue weighted by molar-refractivity contribution is 6.02. The summed E-state index contributed by atoms with van der Waals surface area (Å²) in [5.74, 6) is -0.535. The number of halogens is 1. The zero-order chi connectivity index (χ0) is 27.4. The number of para-hydroxylation sites is 1. The number of benzene rings is 3. The van der Waals surface area contributed by atoms with Crippen molar-refractivity contribution in [3.63, 3.8) is 0 Å². The van der Waals surface area contributed by atoms with Gasteiger partial charge in [0, 0.05) is 17.3 Å². The van der Waals surface area contributed by atoms with Crippen LogP contribution < -0.4 is 19.7 Å². The summed E-state index contributed by atoms with van der Waals surface area (Å²) in [6.45, 7) is -0.226. The molecule has 0 aliphatic heterocycles. The van der Waals surface area contributed by atoms with E-state index in [4.69, 9.17) is 9.47 Å². The van der Waals surface area contributed by atoms with Gasteiger partial charge in [0.1, 0.15) is 35.4 Å². The average Bonchev–Trinajstić information content (AvgIpc) is 3.61. The Hall–Kier alpha value is -4.47. The SMILES string of the molecule is COc1ccc(OC)c([C@@H](C(=O)NC2CCCC2)N(C(=O)Cn2nnc3ccccc32)c2cccc(F)c2)c1. The molecular weight excluding hydrogens is 501 g/mol. The molecule has 4 aromatic rings. The lowest BCUT2D eigenvalue weighted by molar-refractivity contribution is -0.127. The Kier molecular flexibility index (Phi) is 7.72. The third kappa shape index (κ3) is 5.55. The first kappa shape index (κ1) is 26.1. The van der Waals surface area contributed by atoms with Crippen LogP contribution >= 0.6 is 0 Å². The highest BCUT2D eigenvalue weighted by atomic mass is 19.1. The fourth-order valence-corrected chi connectivity index (χ4v) is 5.10. The predicted molar refractivity (Wildman–Crippen MR) is 144 cm³/mol. The molecule has 10 heteroatoms. The number of nitrogens with one attached hydrogen (secondary N) is 1. The van der Waals surface area contributed by atoms with Crippen molar-refractivity contribution >= 4 is 28.5 Å². The fraction of sp³-hybridized carbons (Fsp3) is 0.310. The monoisotopic (exact) mass is 531 g/mol. The topological polar surface area (TPSA) is 98.6 Å². The number of nitrogens with zero attached hydrogens (tertiary/aromatic N) is 4. The van der Waals surface area contributed by atoms with Crippen LogP contribution in [0.4, 0.5) is 10.1 Å². The minimum absolute atomic E-state index is 0.0136. The summed E-state index contributed by atoms with van der Waals surface area (Å²) in [4.78, 5) is 29.5. The van der Waals surface area contributed by atoms with Crippen molar-refractivity contribution in [2.45, 2.75) is 44.3 Å². The van der Waals surface area contributed by atoms with Crippen LogP contribution in [0.15, 0.2) is 66.7 Å². The number of carbonyl (C=O) groups excluding carboxylic acids is 2. The molecule has 2 amide bonds. The zero-order valence-corrected chi connectivity index (χ0v) is 21.8. The van der Waals surface area contributed by atoms with Crippen LogP contribution in [-0.2, 0) is 16.1 Å². The van der Waals surface area contributed by atoms with Crippen LogP contribution in [0.1, 0.15) is 37.3 Å². The Balaban J connectivity index is 1.63. The van der Waals surface area contributed by atoms with Gasteiger partial charge in [0.25, 0.3) is 0 Å². The number of aromatic nitrogens is 3. The second-order valence-electron chi connectivity index (χ2n) is 9.48. The molecule has 0 spiro atoms. The second kappa shape index (κ2) is 11.5. The molecular formula is C29H30FN5O4. The molecule has 202 valence electrons. The van der Waals surface area contributed by atoms with Gasteiger partial charge in [-0.3, -0.25) is 14.5 Å². The number of amides is 2. The van der Waals surface area contributed by atoms with Gasteiger partial charge in [0.05, 0.1) is 19.7 Å². The van der Waals surface area contributed by atoms with Crippen molar-refractivity contribution in [3.05, 3.63) is 78.1 Å². The van der Waals surface area contributed by atoms with Crippen LogP contribution in [0.5, 0.6) is 11.5 Å². The van der Waals surface area contributed by atoms with Gasteiger partial charge >= 0.3 is 0 Å². The lowest BCUT2D eigenvalue weighted by Crippen LogP contribution is -2.47. The first-order valence-electron chi connectivity index (χ1n) is 12.9. The number of fused-ring (bicyclic) bond motifs is 1. The van der Waals surface area contributed by atoms with E-state index in [0.29, 0.717) is 28.1 Å². The highest BCUT2D eigenvalue weighted by Crippen LogP contribution is 2.37. The lowest BCUT2D eigenvalue weighted by atomic mass is 10.0. The summed E-state index contributed by atoms with van der Waals surface area (Å²) in [6.07, 6.45) is 3.74. The van der Waals surface area contributed by atoms with E-state index in [9.17, 15) is 14.0 Å². The van der Waals surface area contributed by atoms with E-state index in [1.165, 1.54) is 42.0 Å². The van der Waals surface area contributed by atoms with Gasteiger partial charge in [-0.25, -0.2) is 9.07 Å². The number of ether oxygens (including phenoxy) is 2. The maximum Gasteiger partial charge on any atom is 0.249 e. The Bertz CT molecular complexity index is 1480. The molecule has 1 N–H and O–H groups in total. The molecule has 3 aromatic carbocycles. The molecule has 1 heterocycles. The minimum Gasteiger partial charge on any atom is -0.497 e. The third-order valence-corrected chi connectivity index (χ3v) is 7.00. The molecule has 0 saturated heterocycles. The Morgan fingerprint density at radius 1 is 1.05 bits per heavy atom.